The molecule has 136 valence electrons. The van der Waals surface area contributed by atoms with Crippen LogP contribution in [0, 0.1) is 40.9 Å². The van der Waals surface area contributed by atoms with Crippen molar-refractivity contribution < 1.29 is 9.90 Å². The van der Waals surface area contributed by atoms with Gasteiger partial charge in [0, 0.05) is 6.42 Å². The second kappa shape index (κ2) is 6.65. The highest BCUT2D eigenvalue weighted by Crippen LogP contribution is 2.64. The lowest BCUT2D eigenvalue weighted by Crippen LogP contribution is -2.48. The minimum atomic E-state index is -0.617. The van der Waals surface area contributed by atoms with Crippen LogP contribution < -0.4 is 0 Å². The third-order valence-electron chi connectivity index (χ3n) is 9.02. The molecule has 1 N–H and O–H groups in total. The average Bonchev–Trinajstić information content (AvgIpc) is 2.91. The van der Waals surface area contributed by atoms with E-state index in [1.807, 2.05) is 0 Å². The molecule has 0 heterocycles. The van der Waals surface area contributed by atoms with E-state index in [9.17, 15) is 4.79 Å². The maximum atomic E-state index is 10.9. The predicted octanol–water partition coefficient (Wildman–Crippen LogP) is 5.90. The smallest absolute Gasteiger partial charge is 0.303 e. The Balaban J connectivity index is 1.44. The molecule has 2 heteroatoms. The van der Waals surface area contributed by atoms with Crippen molar-refractivity contribution in [2.45, 2.75) is 90.4 Å². The van der Waals surface area contributed by atoms with Crippen LogP contribution in [0.2, 0.25) is 0 Å². The summed E-state index contributed by atoms with van der Waals surface area (Å²) in [5, 5.41) is 8.95. The molecule has 4 fully saturated rings. The first-order chi connectivity index (χ1) is 11.6. The molecule has 0 aromatic rings. The van der Waals surface area contributed by atoms with Crippen LogP contribution in [0.4, 0.5) is 0 Å². The number of hydrogen-bond acceptors (Lipinski definition) is 1. The van der Waals surface area contributed by atoms with Gasteiger partial charge in [-0.2, -0.15) is 0 Å². The summed E-state index contributed by atoms with van der Waals surface area (Å²) in [4.78, 5) is 10.9. The van der Waals surface area contributed by atoms with Gasteiger partial charge in [-0.25, -0.2) is 0 Å². The van der Waals surface area contributed by atoms with Crippen LogP contribution in [0.25, 0.3) is 0 Å². The van der Waals surface area contributed by atoms with Gasteiger partial charge in [-0.15, -0.1) is 0 Å². The molecule has 0 radical (unpaired) electrons. The first kappa shape index (κ1) is 16.9. The maximum absolute atomic E-state index is 10.9. The molecule has 0 saturated heterocycles. The Morgan fingerprint density at radius 3 is 2.62 bits per heavy atom. The van der Waals surface area contributed by atoms with Crippen molar-refractivity contribution >= 4 is 5.97 Å². The highest BCUT2D eigenvalue weighted by atomic mass is 16.4. The van der Waals surface area contributed by atoms with Crippen LogP contribution in [-0.4, -0.2) is 11.1 Å². The summed E-state index contributed by atoms with van der Waals surface area (Å²) in [6.45, 7) is 2.58. The van der Waals surface area contributed by atoms with Crippen LogP contribution in [-0.2, 0) is 4.79 Å². The summed E-state index contributed by atoms with van der Waals surface area (Å²) in [6.07, 6.45) is 17.2. The average molecular weight is 333 g/mol. The van der Waals surface area contributed by atoms with Crippen molar-refractivity contribution in [3.8, 4) is 0 Å². The van der Waals surface area contributed by atoms with Crippen molar-refractivity contribution in [1.82, 2.24) is 0 Å². The second-order valence-corrected chi connectivity index (χ2v) is 9.82. The van der Waals surface area contributed by atoms with Gasteiger partial charge in [0.05, 0.1) is 0 Å². The van der Waals surface area contributed by atoms with Gasteiger partial charge >= 0.3 is 5.97 Å². The van der Waals surface area contributed by atoms with Gasteiger partial charge < -0.3 is 5.11 Å². The van der Waals surface area contributed by atoms with Crippen molar-refractivity contribution in [3.05, 3.63) is 0 Å². The zero-order chi connectivity index (χ0) is 16.7. The molecule has 2 nitrogen and oxygen atoms in total. The molecular formula is C22H36O2. The summed E-state index contributed by atoms with van der Waals surface area (Å²) in [6, 6.07) is 0. The Kier molecular flexibility index (Phi) is 4.69. The lowest BCUT2D eigenvalue weighted by atomic mass is 9.49. The van der Waals surface area contributed by atoms with E-state index in [1.165, 1.54) is 64.2 Å². The van der Waals surface area contributed by atoms with Crippen LogP contribution in [0.1, 0.15) is 90.4 Å². The monoisotopic (exact) mass is 332 g/mol. The fourth-order valence-corrected chi connectivity index (χ4v) is 7.91. The number of carboxylic acid groups (broad SMARTS) is 1. The van der Waals surface area contributed by atoms with E-state index >= 15 is 0 Å². The lowest BCUT2D eigenvalue weighted by molar-refractivity contribution is -0.137. The number of hydrogen-bond donors (Lipinski definition) is 1. The molecule has 0 spiro atoms. The lowest BCUT2D eigenvalue weighted by Gasteiger charge is -2.56. The van der Waals surface area contributed by atoms with Gasteiger partial charge in [0.15, 0.2) is 0 Å². The van der Waals surface area contributed by atoms with E-state index < -0.39 is 5.97 Å². The molecule has 0 aromatic heterocycles. The quantitative estimate of drug-likeness (QED) is 0.696. The number of fused-ring (bicyclic) bond motifs is 5. The van der Waals surface area contributed by atoms with Gasteiger partial charge in [-0.05, 0) is 98.7 Å². The Hall–Kier alpha value is -0.530. The first-order valence-corrected chi connectivity index (χ1v) is 10.8. The Bertz CT molecular complexity index is 473. The number of rotatable bonds is 4. The molecule has 7 unspecified atom stereocenters. The summed E-state index contributed by atoms with van der Waals surface area (Å²) in [5.41, 5.74) is 0.529. The van der Waals surface area contributed by atoms with Crippen LogP contribution in [0.5, 0.6) is 0 Å². The van der Waals surface area contributed by atoms with Crippen molar-refractivity contribution in [3.63, 3.8) is 0 Å². The highest BCUT2D eigenvalue weighted by molar-refractivity contribution is 5.66. The summed E-state index contributed by atoms with van der Waals surface area (Å²) < 4.78 is 0. The summed E-state index contributed by atoms with van der Waals surface area (Å²) in [5.74, 6) is 5.31. The van der Waals surface area contributed by atoms with Crippen LogP contribution in [0.15, 0.2) is 0 Å². The SMILES string of the molecule is CC12CCC3C4CCCCC4CCC3C1CCC2CCCC(=O)O. The maximum Gasteiger partial charge on any atom is 0.303 e. The molecule has 24 heavy (non-hydrogen) atoms. The molecule has 0 aromatic carbocycles. The van der Waals surface area contributed by atoms with E-state index in [1.54, 1.807) is 0 Å². The van der Waals surface area contributed by atoms with E-state index in [2.05, 4.69) is 6.92 Å². The van der Waals surface area contributed by atoms with E-state index in [4.69, 9.17) is 5.11 Å². The molecule has 0 bridgehead atoms. The number of carboxylic acids is 1. The molecule has 0 aliphatic heterocycles. The summed E-state index contributed by atoms with van der Waals surface area (Å²) >= 11 is 0. The minimum Gasteiger partial charge on any atom is -0.481 e. The third kappa shape index (κ3) is 2.82. The minimum absolute atomic E-state index is 0.368. The molecule has 0 amide bonds. The van der Waals surface area contributed by atoms with Gasteiger partial charge in [0.1, 0.15) is 0 Å². The molecule has 4 saturated carbocycles. The fraction of sp³-hybridized carbons (Fsp3) is 0.955. The van der Waals surface area contributed by atoms with Crippen LogP contribution >= 0.6 is 0 Å². The van der Waals surface area contributed by atoms with Gasteiger partial charge in [-0.3, -0.25) is 4.79 Å². The van der Waals surface area contributed by atoms with Gasteiger partial charge in [0.25, 0.3) is 0 Å². The fourth-order valence-electron chi connectivity index (χ4n) is 7.91. The Morgan fingerprint density at radius 2 is 1.79 bits per heavy atom. The van der Waals surface area contributed by atoms with Crippen LogP contribution in [0.3, 0.4) is 0 Å². The molecule has 4 rings (SSSR count). The number of aliphatic carboxylic acids is 1. The Morgan fingerprint density at radius 1 is 0.958 bits per heavy atom. The molecular weight excluding hydrogens is 296 g/mol. The standard InChI is InChI=1S/C22H36O2/c1-22-14-13-18-17-7-3-2-5-15(17)9-11-19(18)20(22)12-10-16(22)6-4-8-21(23)24/h15-20H,2-14H2,1H3,(H,23,24). The van der Waals surface area contributed by atoms with Crippen molar-refractivity contribution in [2.24, 2.45) is 40.9 Å². The van der Waals surface area contributed by atoms with Gasteiger partial charge in [0.2, 0.25) is 0 Å². The number of carbonyl (C=O) groups is 1. The predicted molar refractivity (Wildman–Crippen MR) is 96.7 cm³/mol. The summed E-state index contributed by atoms with van der Waals surface area (Å²) in [7, 11) is 0. The molecule has 4 aliphatic rings. The topological polar surface area (TPSA) is 37.3 Å². The zero-order valence-corrected chi connectivity index (χ0v) is 15.5. The normalized spacial score (nSPS) is 47.5. The van der Waals surface area contributed by atoms with Crippen molar-refractivity contribution in [2.75, 3.05) is 0 Å². The van der Waals surface area contributed by atoms with E-state index in [-0.39, 0.29) is 0 Å². The largest absolute Gasteiger partial charge is 0.481 e. The zero-order valence-electron chi connectivity index (χ0n) is 15.5. The molecule has 7 atom stereocenters. The Labute approximate surface area is 147 Å². The van der Waals surface area contributed by atoms with E-state index in [0.29, 0.717) is 11.8 Å². The third-order valence-corrected chi connectivity index (χ3v) is 9.02. The molecule has 4 aliphatic carbocycles. The van der Waals surface area contributed by atoms with Crippen molar-refractivity contribution in [1.29, 1.82) is 0 Å². The van der Waals surface area contributed by atoms with E-state index in [0.717, 1.165) is 48.3 Å². The first-order valence-electron chi connectivity index (χ1n) is 10.8. The second-order valence-electron chi connectivity index (χ2n) is 9.82. The highest BCUT2D eigenvalue weighted by Gasteiger charge is 2.56. The van der Waals surface area contributed by atoms with Gasteiger partial charge in [-0.1, -0.05) is 26.2 Å².